The first-order valence-electron chi connectivity index (χ1n) is 7.50. The highest BCUT2D eigenvalue weighted by molar-refractivity contribution is 4.85. The zero-order valence-corrected chi connectivity index (χ0v) is 11.8. The fourth-order valence-electron chi connectivity index (χ4n) is 3.36. The van der Waals surface area contributed by atoms with Crippen LogP contribution in [0.4, 0.5) is 0 Å². The van der Waals surface area contributed by atoms with Crippen LogP contribution < -0.4 is 5.73 Å². The molecule has 0 aromatic carbocycles. The highest BCUT2D eigenvalue weighted by atomic mass is 16.5. The van der Waals surface area contributed by atoms with E-state index in [9.17, 15) is 0 Å². The van der Waals surface area contributed by atoms with E-state index in [1.54, 1.807) is 7.11 Å². The van der Waals surface area contributed by atoms with Crippen molar-refractivity contribution in [2.75, 3.05) is 46.4 Å². The van der Waals surface area contributed by atoms with Crippen molar-refractivity contribution in [2.45, 2.75) is 44.2 Å². The monoisotopic (exact) mass is 255 g/mol. The third-order valence-corrected chi connectivity index (χ3v) is 4.30. The molecule has 4 heteroatoms. The van der Waals surface area contributed by atoms with E-state index in [0.717, 1.165) is 32.0 Å². The van der Waals surface area contributed by atoms with Crippen molar-refractivity contribution in [3.05, 3.63) is 0 Å². The van der Waals surface area contributed by atoms with Crippen molar-refractivity contribution in [3.8, 4) is 0 Å². The zero-order chi connectivity index (χ0) is 12.8. The third kappa shape index (κ3) is 4.19. The summed E-state index contributed by atoms with van der Waals surface area (Å²) in [6, 6.07) is 1.12. The first-order valence-corrected chi connectivity index (χ1v) is 7.50. The van der Waals surface area contributed by atoms with Crippen LogP contribution in [0.2, 0.25) is 0 Å². The Balaban J connectivity index is 1.71. The fourth-order valence-corrected chi connectivity index (χ4v) is 3.36. The van der Waals surface area contributed by atoms with Crippen molar-refractivity contribution in [2.24, 2.45) is 5.73 Å². The van der Waals surface area contributed by atoms with Gasteiger partial charge in [-0.2, -0.15) is 0 Å². The maximum atomic E-state index is 6.22. The van der Waals surface area contributed by atoms with Crippen LogP contribution in [-0.2, 0) is 4.74 Å². The Morgan fingerprint density at radius 1 is 1.28 bits per heavy atom. The quantitative estimate of drug-likeness (QED) is 0.716. The van der Waals surface area contributed by atoms with E-state index < -0.39 is 0 Å². The summed E-state index contributed by atoms with van der Waals surface area (Å²) in [5, 5.41) is 0. The molecule has 0 radical (unpaired) electrons. The number of nitrogens with zero attached hydrogens (tertiary/aromatic N) is 2. The number of methoxy groups -OCH3 is 1. The van der Waals surface area contributed by atoms with Crippen molar-refractivity contribution in [1.82, 2.24) is 9.80 Å². The molecule has 0 saturated carbocycles. The van der Waals surface area contributed by atoms with Gasteiger partial charge in [-0.25, -0.2) is 0 Å². The van der Waals surface area contributed by atoms with E-state index in [1.165, 1.54) is 45.4 Å². The number of nitrogens with two attached hydrogens (primary N) is 1. The van der Waals surface area contributed by atoms with Crippen molar-refractivity contribution in [1.29, 1.82) is 0 Å². The van der Waals surface area contributed by atoms with E-state index in [1.807, 2.05) is 0 Å². The summed E-state index contributed by atoms with van der Waals surface area (Å²) in [6.45, 7) is 6.97. The van der Waals surface area contributed by atoms with E-state index in [2.05, 4.69) is 9.80 Å². The Morgan fingerprint density at radius 3 is 2.94 bits per heavy atom. The molecule has 2 atom stereocenters. The molecular formula is C14H29N3O. The molecular weight excluding hydrogens is 226 g/mol. The van der Waals surface area contributed by atoms with Crippen LogP contribution in [-0.4, -0.2) is 68.3 Å². The zero-order valence-electron chi connectivity index (χ0n) is 11.8. The molecule has 2 N–H and O–H groups in total. The lowest BCUT2D eigenvalue weighted by Gasteiger charge is -2.27. The Hall–Kier alpha value is -0.160. The first kappa shape index (κ1) is 14.3. The lowest BCUT2D eigenvalue weighted by molar-refractivity contribution is 0.181. The average molecular weight is 255 g/mol. The molecule has 2 heterocycles. The molecule has 2 unspecified atom stereocenters. The first-order chi connectivity index (χ1) is 8.79. The predicted octanol–water partition coefficient (Wildman–Crippen LogP) is 0.910. The van der Waals surface area contributed by atoms with Crippen LogP contribution in [0.3, 0.4) is 0 Å². The van der Waals surface area contributed by atoms with Gasteiger partial charge in [0, 0.05) is 38.9 Å². The minimum absolute atomic E-state index is 0.313. The molecule has 0 spiro atoms. The van der Waals surface area contributed by atoms with E-state index >= 15 is 0 Å². The largest absolute Gasteiger partial charge is 0.385 e. The Labute approximate surface area is 111 Å². The lowest BCUT2D eigenvalue weighted by atomic mass is 10.1. The van der Waals surface area contributed by atoms with Gasteiger partial charge in [-0.05, 0) is 51.7 Å². The highest BCUT2D eigenvalue weighted by Gasteiger charge is 2.28. The second-order valence-electron chi connectivity index (χ2n) is 5.84. The van der Waals surface area contributed by atoms with E-state index in [0.29, 0.717) is 6.04 Å². The molecule has 2 aliphatic heterocycles. The smallest absolute Gasteiger partial charge is 0.0462 e. The van der Waals surface area contributed by atoms with Crippen molar-refractivity contribution >= 4 is 0 Å². The SMILES string of the molecule is COCCCC(N)CN1CCCN2CCCC2C1. The molecule has 0 aromatic heterocycles. The predicted molar refractivity (Wildman–Crippen MR) is 74.7 cm³/mol. The fraction of sp³-hybridized carbons (Fsp3) is 1.00. The number of hydrogen-bond acceptors (Lipinski definition) is 4. The molecule has 0 amide bonds. The van der Waals surface area contributed by atoms with Crippen LogP contribution in [0.15, 0.2) is 0 Å². The van der Waals surface area contributed by atoms with Crippen LogP contribution in [0.1, 0.15) is 32.1 Å². The molecule has 2 rings (SSSR count). The normalized spacial score (nSPS) is 28.0. The van der Waals surface area contributed by atoms with Gasteiger partial charge in [0.1, 0.15) is 0 Å². The Bertz CT molecular complexity index is 237. The summed E-state index contributed by atoms with van der Waals surface area (Å²) in [5.41, 5.74) is 6.22. The van der Waals surface area contributed by atoms with Crippen LogP contribution in [0, 0.1) is 0 Å². The number of fused-ring (bicyclic) bond motifs is 1. The maximum Gasteiger partial charge on any atom is 0.0462 e. The molecule has 2 saturated heterocycles. The van der Waals surface area contributed by atoms with Crippen molar-refractivity contribution < 1.29 is 4.74 Å². The van der Waals surface area contributed by atoms with Gasteiger partial charge < -0.3 is 15.4 Å². The molecule has 0 aromatic rings. The Morgan fingerprint density at radius 2 is 2.11 bits per heavy atom. The van der Waals surface area contributed by atoms with Crippen LogP contribution in [0.25, 0.3) is 0 Å². The third-order valence-electron chi connectivity index (χ3n) is 4.30. The molecule has 0 bridgehead atoms. The second kappa shape index (κ2) is 7.43. The number of ether oxygens (including phenoxy) is 1. The van der Waals surface area contributed by atoms with Gasteiger partial charge in [0.25, 0.3) is 0 Å². The molecule has 106 valence electrons. The summed E-state index contributed by atoms with van der Waals surface area (Å²) in [4.78, 5) is 5.27. The summed E-state index contributed by atoms with van der Waals surface area (Å²) in [5.74, 6) is 0. The van der Waals surface area contributed by atoms with Crippen LogP contribution in [0.5, 0.6) is 0 Å². The molecule has 2 fully saturated rings. The molecule has 18 heavy (non-hydrogen) atoms. The average Bonchev–Trinajstić information content (AvgIpc) is 2.69. The molecule has 2 aliphatic rings. The summed E-state index contributed by atoms with van der Waals surface area (Å²) in [6.07, 6.45) is 6.24. The minimum Gasteiger partial charge on any atom is -0.385 e. The highest BCUT2D eigenvalue weighted by Crippen LogP contribution is 2.21. The van der Waals surface area contributed by atoms with Gasteiger partial charge in [-0.1, -0.05) is 0 Å². The van der Waals surface area contributed by atoms with Gasteiger partial charge in [-0.3, -0.25) is 4.90 Å². The number of rotatable bonds is 6. The van der Waals surface area contributed by atoms with Gasteiger partial charge in [0.15, 0.2) is 0 Å². The second-order valence-corrected chi connectivity index (χ2v) is 5.84. The summed E-state index contributed by atoms with van der Waals surface area (Å²) < 4.78 is 5.08. The van der Waals surface area contributed by atoms with E-state index in [-0.39, 0.29) is 0 Å². The van der Waals surface area contributed by atoms with Gasteiger partial charge in [-0.15, -0.1) is 0 Å². The molecule has 0 aliphatic carbocycles. The summed E-state index contributed by atoms with van der Waals surface area (Å²) >= 11 is 0. The standard InChI is InChI=1S/C14H29N3O/c1-18-10-3-5-13(15)11-16-7-4-9-17-8-2-6-14(17)12-16/h13-14H,2-12,15H2,1H3. The van der Waals surface area contributed by atoms with Crippen molar-refractivity contribution in [3.63, 3.8) is 0 Å². The molecule has 4 nitrogen and oxygen atoms in total. The van der Waals surface area contributed by atoms with Gasteiger partial charge >= 0.3 is 0 Å². The number of hydrogen-bond donors (Lipinski definition) is 1. The summed E-state index contributed by atoms with van der Waals surface area (Å²) in [7, 11) is 1.76. The Kier molecular flexibility index (Phi) is 5.89. The lowest BCUT2D eigenvalue weighted by Crippen LogP contribution is -2.42. The van der Waals surface area contributed by atoms with Gasteiger partial charge in [0.05, 0.1) is 0 Å². The van der Waals surface area contributed by atoms with E-state index in [4.69, 9.17) is 10.5 Å². The minimum atomic E-state index is 0.313. The van der Waals surface area contributed by atoms with Crippen LogP contribution >= 0.6 is 0 Å². The maximum absolute atomic E-state index is 6.22. The van der Waals surface area contributed by atoms with Gasteiger partial charge in [0.2, 0.25) is 0 Å². The topological polar surface area (TPSA) is 41.7 Å².